The number of hydrogen-bond donors (Lipinski definition) is 1. The highest BCUT2D eigenvalue weighted by atomic mass is 35.5. The Bertz CT molecular complexity index is 2270. The lowest BCUT2D eigenvalue weighted by Gasteiger charge is -2.53. The van der Waals surface area contributed by atoms with Crippen LogP contribution in [0.4, 0.5) is 21.6 Å². The molecular weight excluding hydrogens is 723 g/mol. The van der Waals surface area contributed by atoms with Crippen molar-refractivity contribution in [3.8, 4) is 10.4 Å². The molecule has 2 aromatic heterocycles. The van der Waals surface area contributed by atoms with Crippen LogP contribution in [0.2, 0.25) is 5.02 Å². The Balaban J connectivity index is 0.914. The van der Waals surface area contributed by atoms with Crippen LogP contribution < -0.4 is 15.1 Å². The number of amides is 2. The summed E-state index contributed by atoms with van der Waals surface area (Å²) < 4.78 is 20.1. The minimum Gasteiger partial charge on any atom is -0.381 e. The van der Waals surface area contributed by atoms with Gasteiger partial charge in [0, 0.05) is 83.2 Å². The lowest BCUT2D eigenvalue weighted by Crippen LogP contribution is -2.59. The maximum atomic E-state index is 14.5. The van der Waals surface area contributed by atoms with E-state index in [0.29, 0.717) is 40.6 Å². The van der Waals surface area contributed by atoms with Gasteiger partial charge in [0.2, 0.25) is 0 Å². The average molecular weight is 761 g/mol. The summed E-state index contributed by atoms with van der Waals surface area (Å²) in [6.07, 6.45) is 6.64. The highest BCUT2D eigenvalue weighted by Gasteiger charge is 2.45. The molecule has 1 spiro atoms. The number of Topliss-reactive ketones (excluding diaryl/α,β-unsaturated/α-hetero) is 1. The average Bonchev–Trinajstić information content (AvgIpc) is 3.97. The number of nitrogens with zero attached hydrogens (tertiary/aromatic N) is 3. The molecule has 0 unspecified atom stereocenters. The Hall–Kier alpha value is -4.90. The number of nitrogens with one attached hydrogen (secondary N) is 1. The summed E-state index contributed by atoms with van der Waals surface area (Å²) in [4.78, 5) is 51.5. The number of carbonyl (C=O) groups is 3. The van der Waals surface area contributed by atoms with E-state index in [2.05, 4.69) is 10.2 Å². The molecule has 5 heterocycles. The molecule has 5 aromatic rings. The quantitative estimate of drug-likeness (QED) is 0.159. The monoisotopic (exact) mass is 760 g/mol. The fourth-order valence-electron chi connectivity index (χ4n) is 8.01. The molecule has 2 amide bonds. The third kappa shape index (κ3) is 6.61. The number of thiophene rings is 1. The van der Waals surface area contributed by atoms with Crippen LogP contribution in [0.15, 0.2) is 85.1 Å². The number of para-hydroxylation sites is 1. The molecule has 9 rings (SSSR count). The van der Waals surface area contributed by atoms with Crippen LogP contribution in [0.3, 0.4) is 0 Å². The molecule has 11 heteroatoms. The SMILES string of the molecule is O=C(Cc1c(F)cccc1Cl)c1cc2c(s1)-c1ccccc1N(C(=O)c1ccc(NC(=O)c3cc(C4CC4)cnc3N3CC4(CCOCC4)C3)cc1)CC2. The highest BCUT2D eigenvalue weighted by molar-refractivity contribution is 7.17. The van der Waals surface area contributed by atoms with Gasteiger partial charge in [0.15, 0.2) is 5.78 Å². The third-order valence-electron chi connectivity index (χ3n) is 11.2. The number of ether oxygens (including phenoxy) is 1. The largest absolute Gasteiger partial charge is 0.381 e. The van der Waals surface area contributed by atoms with E-state index in [4.69, 9.17) is 21.3 Å². The molecule has 2 saturated heterocycles. The molecule has 3 fully saturated rings. The highest BCUT2D eigenvalue weighted by Crippen LogP contribution is 2.45. The summed E-state index contributed by atoms with van der Waals surface area (Å²) in [5.41, 5.74) is 5.78. The number of carbonyl (C=O) groups excluding carboxylic acids is 3. The van der Waals surface area contributed by atoms with Crippen molar-refractivity contribution in [1.29, 1.82) is 0 Å². The van der Waals surface area contributed by atoms with Gasteiger partial charge in [-0.3, -0.25) is 14.4 Å². The predicted molar refractivity (Wildman–Crippen MR) is 210 cm³/mol. The van der Waals surface area contributed by atoms with E-state index < -0.39 is 5.82 Å². The number of anilines is 3. The van der Waals surface area contributed by atoms with Gasteiger partial charge >= 0.3 is 0 Å². The molecular formula is C43H38ClFN4O4S. The van der Waals surface area contributed by atoms with Gasteiger partial charge in [0.05, 0.1) is 16.1 Å². The fraction of sp³-hybridized carbons (Fsp3) is 0.302. The van der Waals surface area contributed by atoms with E-state index in [9.17, 15) is 18.8 Å². The molecule has 1 N–H and O–H groups in total. The van der Waals surface area contributed by atoms with Crippen molar-refractivity contribution < 1.29 is 23.5 Å². The Labute approximate surface area is 321 Å². The van der Waals surface area contributed by atoms with Gasteiger partial charge in [-0.2, -0.15) is 0 Å². The molecule has 1 aliphatic carbocycles. The van der Waals surface area contributed by atoms with Crippen molar-refractivity contribution in [1.82, 2.24) is 4.98 Å². The first-order valence-electron chi connectivity index (χ1n) is 18.5. The topological polar surface area (TPSA) is 91.8 Å². The first-order chi connectivity index (χ1) is 26.2. The van der Waals surface area contributed by atoms with Crippen molar-refractivity contribution in [2.75, 3.05) is 48.0 Å². The van der Waals surface area contributed by atoms with Crippen LogP contribution in [0.1, 0.15) is 78.7 Å². The molecule has 8 nitrogen and oxygen atoms in total. The van der Waals surface area contributed by atoms with Gasteiger partial charge < -0.3 is 19.9 Å². The van der Waals surface area contributed by atoms with E-state index in [1.165, 1.54) is 23.5 Å². The van der Waals surface area contributed by atoms with E-state index in [1.807, 2.05) is 42.6 Å². The zero-order valence-electron chi connectivity index (χ0n) is 29.6. The van der Waals surface area contributed by atoms with Gasteiger partial charge in [-0.05, 0) is 104 Å². The standard InChI is InChI=1S/C43H38ClFN4O4S/c44-34-5-3-6-35(45)32(34)22-37(50)38-21-28-14-17-49(36-7-2-1-4-31(36)39(28)54-38)42(52)27-10-12-30(13-11-27)47-41(51)33-20-29(26-8-9-26)23-46-40(33)48-24-43(25-48)15-18-53-19-16-43/h1-7,10-13,20-21,23,26H,8-9,14-19,22,24-25H2,(H,47,51). The van der Waals surface area contributed by atoms with E-state index in [-0.39, 0.29) is 40.0 Å². The molecule has 4 aliphatic rings. The lowest BCUT2D eigenvalue weighted by molar-refractivity contribution is -0.000512. The summed E-state index contributed by atoms with van der Waals surface area (Å²) in [5.74, 6) is 0.106. The first-order valence-corrected chi connectivity index (χ1v) is 19.7. The molecule has 0 radical (unpaired) electrons. The molecule has 274 valence electrons. The zero-order valence-corrected chi connectivity index (χ0v) is 31.1. The number of halogens is 2. The Kier molecular flexibility index (Phi) is 9.08. The van der Waals surface area contributed by atoms with E-state index in [0.717, 1.165) is 85.1 Å². The smallest absolute Gasteiger partial charge is 0.259 e. The predicted octanol–water partition coefficient (Wildman–Crippen LogP) is 8.98. The van der Waals surface area contributed by atoms with Gasteiger partial charge in [-0.15, -0.1) is 11.3 Å². The number of ketones is 1. The van der Waals surface area contributed by atoms with Crippen molar-refractivity contribution in [3.63, 3.8) is 0 Å². The normalized spacial score (nSPS) is 17.3. The van der Waals surface area contributed by atoms with Crippen LogP contribution in [-0.4, -0.2) is 55.4 Å². The van der Waals surface area contributed by atoms with Crippen LogP contribution in [0.5, 0.6) is 0 Å². The Morgan fingerprint density at radius 3 is 2.52 bits per heavy atom. The van der Waals surface area contributed by atoms with Crippen molar-refractivity contribution in [2.24, 2.45) is 5.41 Å². The summed E-state index contributed by atoms with van der Waals surface area (Å²) >= 11 is 7.57. The van der Waals surface area contributed by atoms with Gasteiger partial charge in [-0.25, -0.2) is 9.37 Å². The second kappa shape index (κ2) is 14.1. The maximum Gasteiger partial charge on any atom is 0.259 e. The number of aromatic nitrogens is 1. The third-order valence-corrected chi connectivity index (χ3v) is 12.9. The van der Waals surface area contributed by atoms with E-state index in [1.54, 1.807) is 35.2 Å². The minimum atomic E-state index is -0.500. The lowest BCUT2D eigenvalue weighted by atomic mass is 9.73. The van der Waals surface area contributed by atoms with Crippen LogP contribution >= 0.6 is 22.9 Å². The first kappa shape index (κ1) is 34.8. The summed E-state index contributed by atoms with van der Waals surface area (Å²) in [5, 5.41) is 3.30. The number of pyridine rings is 1. The molecule has 54 heavy (non-hydrogen) atoms. The summed E-state index contributed by atoms with van der Waals surface area (Å²) in [6, 6.07) is 23.0. The summed E-state index contributed by atoms with van der Waals surface area (Å²) in [7, 11) is 0. The minimum absolute atomic E-state index is 0.131. The Morgan fingerprint density at radius 1 is 0.981 bits per heavy atom. The van der Waals surface area contributed by atoms with Crippen LogP contribution in [-0.2, 0) is 17.6 Å². The second-order valence-electron chi connectivity index (χ2n) is 14.9. The van der Waals surface area contributed by atoms with Crippen LogP contribution in [0.25, 0.3) is 10.4 Å². The maximum absolute atomic E-state index is 14.5. The number of fused-ring (bicyclic) bond motifs is 3. The van der Waals surface area contributed by atoms with Gasteiger partial charge in [-0.1, -0.05) is 35.9 Å². The Morgan fingerprint density at radius 2 is 1.76 bits per heavy atom. The van der Waals surface area contributed by atoms with Gasteiger partial charge in [0.1, 0.15) is 11.6 Å². The van der Waals surface area contributed by atoms with Crippen molar-refractivity contribution >= 4 is 57.7 Å². The van der Waals surface area contributed by atoms with Crippen LogP contribution in [0, 0.1) is 11.2 Å². The van der Waals surface area contributed by atoms with E-state index >= 15 is 0 Å². The van der Waals surface area contributed by atoms with Gasteiger partial charge in [0.25, 0.3) is 11.8 Å². The fourth-order valence-corrected chi connectivity index (χ4v) is 9.42. The summed E-state index contributed by atoms with van der Waals surface area (Å²) in [6.45, 7) is 3.72. The second-order valence-corrected chi connectivity index (χ2v) is 16.4. The zero-order chi connectivity index (χ0) is 37.0. The molecule has 1 saturated carbocycles. The van der Waals surface area contributed by atoms with Crippen molar-refractivity contribution in [2.45, 2.75) is 44.4 Å². The van der Waals surface area contributed by atoms with Crippen molar-refractivity contribution in [3.05, 3.63) is 129 Å². The molecule has 0 bridgehead atoms. The number of hydrogen-bond acceptors (Lipinski definition) is 7. The molecule has 0 atom stereocenters. The molecule has 3 aromatic carbocycles. The number of rotatable bonds is 8. The number of benzene rings is 3. The molecule has 3 aliphatic heterocycles.